The molecule has 6 heteroatoms. The number of halogens is 2. The second-order valence-corrected chi connectivity index (χ2v) is 9.71. The van der Waals surface area contributed by atoms with E-state index in [0.29, 0.717) is 28.5 Å². The lowest BCUT2D eigenvalue weighted by atomic mass is 9.72. The van der Waals surface area contributed by atoms with Crippen LogP contribution in [0.3, 0.4) is 0 Å². The number of rotatable bonds is 11. The molecule has 4 nitrogen and oxygen atoms in total. The number of hydrogen-bond donors (Lipinski definition) is 3. The van der Waals surface area contributed by atoms with Gasteiger partial charge in [-0.1, -0.05) is 67.4 Å². The molecule has 0 saturated carbocycles. The first-order valence-electron chi connectivity index (χ1n) is 10.8. The Balaban J connectivity index is 2.42. The fourth-order valence-electron chi connectivity index (χ4n) is 3.80. The van der Waals surface area contributed by atoms with Crippen molar-refractivity contribution < 1.29 is 15.0 Å². The largest absolute Gasteiger partial charge is 0.396 e. The topological polar surface area (TPSA) is 69.6 Å². The van der Waals surface area contributed by atoms with Crippen molar-refractivity contribution in [1.29, 1.82) is 0 Å². The van der Waals surface area contributed by atoms with Gasteiger partial charge in [0.1, 0.15) is 0 Å². The third-order valence-corrected chi connectivity index (χ3v) is 6.67. The summed E-state index contributed by atoms with van der Waals surface area (Å²) in [6, 6.07) is 14.2. The van der Waals surface area contributed by atoms with Crippen molar-refractivity contribution in [3.63, 3.8) is 0 Å². The maximum Gasteiger partial charge on any atom is 0.226 e. The van der Waals surface area contributed by atoms with E-state index in [9.17, 15) is 15.0 Å². The standard InChI is InChI=1S/C26H33Cl2NO3/c1-5-13-26(4,25(32)29-18(3)17(2)16-30)15-23(20-7-6-8-22(28)14-20)24(31)19-9-11-21(27)12-10-19/h5-12,14,17-18,23-24,30-31H,1,13,15-16H2,2-4H3,(H,29,32)/t17-,18?,23-,24+,26+/m1/s1. The molecule has 174 valence electrons. The van der Waals surface area contributed by atoms with Gasteiger partial charge in [-0.3, -0.25) is 4.79 Å². The molecular weight excluding hydrogens is 445 g/mol. The average molecular weight is 478 g/mol. The highest BCUT2D eigenvalue weighted by molar-refractivity contribution is 6.30. The summed E-state index contributed by atoms with van der Waals surface area (Å²) in [6.45, 7) is 9.48. The van der Waals surface area contributed by atoms with E-state index >= 15 is 0 Å². The lowest BCUT2D eigenvalue weighted by molar-refractivity contribution is -0.132. The van der Waals surface area contributed by atoms with Crippen LogP contribution in [0.2, 0.25) is 10.0 Å². The predicted molar refractivity (Wildman–Crippen MR) is 132 cm³/mol. The molecule has 32 heavy (non-hydrogen) atoms. The molecule has 2 aromatic carbocycles. The molecule has 2 rings (SSSR count). The summed E-state index contributed by atoms with van der Waals surface area (Å²) in [5.41, 5.74) is 0.730. The quantitative estimate of drug-likeness (QED) is 0.352. The molecule has 0 bridgehead atoms. The molecule has 0 radical (unpaired) electrons. The molecule has 0 fully saturated rings. The van der Waals surface area contributed by atoms with Crippen LogP contribution in [0, 0.1) is 11.3 Å². The van der Waals surface area contributed by atoms with Crippen LogP contribution in [0.25, 0.3) is 0 Å². The molecule has 0 aliphatic heterocycles. The zero-order valence-corrected chi connectivity index (χ0v) is 20.4. The maximum absolute atomic E-state index is 13.4. The molecule has 0 aromatic heterocycles. The molecule has 3 N–H and O–H groups in total. The molecule has 0 heterocycles. The summed E-state index contributed by atoms with van der Waals surface area (Å²) in [5.74, 6) is -0.605. The van der Waals surface area contributed by atoms with Crippen molar-refractivity contribution in [2.45, 2.75) is 51.7 Å². The third-order valence-electron chi connectivity index (χ3n) is 6.18. The monoisotopic (exact) mass is 477 g/mol. The lowest BCUT2D eigenvalue weighted by Gasteiger charge is -2.35. The van der Waals surface area contributed by atoms with Crippen LogP contribution < -0.4 is 5.32 Å². The summed E-state index contributed by atoms with van der Waals surface area (Å²) < 4.78 is 0. The lowest BCUT2D eigenvalue weighted by Crippen LogP contribution is -2.46. The minimum Gasteiger partial charge on any atom is -0.396 e. The Kier molecular flexibility index (Phi) is 9.78. The van der Waals surface area contributed by atoms with E-state index < -0.39 is 17.4 Å². The Bertz CT molecular complexity index is 902. The van der Waals surface area contributed by atoms with Gasteiger partial charge in [0.2, 0.25) is 5.91 Å². The number of aliphatic hydroxyl groups excluding tert-OH is 2. The smallest absolute Gasteiger partial charge is 0.226 e. The van der Waals surface area contributed by atoms with E-state index in [0.717, 1.165) is 5.56 Å². The van der Waals surface area contributed by atoms with Crippen LogP contribution in [0.5, 0.6) is 0 Å². The van der Waals surface area contributed by atoms with Crippen LogP contribution in [-0.4, -0.2) is 28.8 Å². The second-order valence-electron chi connectivity index (χ2n) is 8.84. The highest BCUT2D eigenvalue weighted by Crippen LogP contribution is 2.43. The van der Waals surface area contributed by atoms with Crippen molar-refractivity contribution in [2.75, 3.05) is 6.61 Å². The molecule has 1 amide bonds. The highest BCUT2D eigenvalue weighted by Gasteiger charge is 2.38. The number of benzene rings is 2. The number of carbonyl (C=O) groups is 1. The molecule has 0 spiro atoms. The molecule has 0 aliphatic carbocycles. The summed E-state index contributed by atoms with van der Waals surface area (Å²) >= 11 is 12.3. The summed E-state index contributed by atoms with van der Waals surface area (Å²) in [6.07, 6.45) is 1.67. The Morgan fingerprint density at radius 1 is 1.12 bits per heavy atom. The summed E-state index contributed by atoms with van der Waals surface area (Å²) in [4.78, 5) is 13.4. The summed E-state index contributed by atoms with van der Waals surface area (Å²) in [5, 5.41) is 25.0. The predicted octanol–water partition coefficient (Wildman–Crippen LogP) is 5.92. The minimum atomic E-state index is -0.864. The normalized spacial score (nSPS) is 17.0. The van der Waals surface area contributed by atoms with Crippen molar-refractivity contribution in [3.05, 3.63) is 82.4 Å². The molecule has 5 atom stereocenters. The number of aliphatic hydroxyl groups is 2. The number of carbonyl (C=O) groups excluding carboxylic acids is 1. The highest BCUT2D eigenvalue weighted by atomic mass is 35.5. The maximum atomic E-state index is 13.4. The second kappa shape index (κ2) is 11.9. The first-order valence-corrected chi connectivity index (χ1v) is 11.6. The van der Waals surface area contributed by atoms with E-state index in [1.807, 2.05) is 39.0 Å². The van der Waals surface area contributed by atoms with Gasteiger partial charge >= 0.3 is 0 Å². The van der Waals surface area contributed by atoms with Crippen LogP contribution >= 0.6 is 23.2 Å². The molecule has 0 saturated heterocycles. The van der Waals surface area contributed by atoms with Crippen molar-refractivity contribution in [1.82, 2.24) is 5.32 Å². The molecular formula is C26H33Cl2NO3. The first kappa shape index (κ1) is 26.4. The molecule has 2 aromatic rings. The van der Waals surface area contributed by atoms with E-state index in [1.54, 1.807) is 36.4 Å². The van der Waals surface area contributed by atoms with E-state index in [1.165, 1.54) is 0 Å². The van der Waals surface area contributed by atoms with Crippen LogP contribution in [0.15, 0.2) is 61.2 Å². The molecule has 1 unspecified atom stereocenters. The minimum absolute atomic E-state index is 0.0138. The number of hydrogen-bond acceptors (Lipinski definition) is 3. The Morgan fingerprint density at radius 2 is 1.78 bits per heavy atom. The van der Waals surface area contributed by atoms with E-state index in [4.69, 9.17) is 23.2 Å². The fraction of sp³-hybridized carbons (Fsp3) is 0.423. The zero-order chi connectivity index (χ0) is 23.9. The van der Waals surface area contributed by atoms with Gasteiger partial charge in [0.25, 0.3) is 0 Å². The average Bonchev–Trinajstić information content (AvgIpc) is 2.77. The Morgan fingerprint density at radius 3 is 2.34 bits per heavy atom. The number of amides is 1. The van der Waals surface area contributed by atoms with Crippen molar-refractivity contribution in [3.8, 4) is 0 Å². The zero-order valence-electron chi connectivity index (χ0n) is 18.9. The number of allylic oxidation sites excluding steroid dienone is 1. The van der Waals surface area contributed by atoms with Crippen LogP contribution in [0.4, 0.5) is 0 Å². The van der Waals surface area contributed by atoms with Gasteiger partial charge in [-0.25, -0.2) is 0 Å². The van der Waals surface area contributed by atoms with Crippen molar-refractivity contribution in [2.24, 2.45) is 11.3 Å². The van der Waals surface area contributed by atoms with Gasteiger partial charge in [0.15, 0.2) is 0 Å². The van der Waals surface area contributed by atoms with Gasteiger partial charge in [0.05, 0.1) is 11.5 Å². The first-order chi connectivity index (χ1) is 15.1. The van der Waals surface area contributed by atoms with Crippen LogP contribution in [0.1, 0.15) is 56.8 Å². The fourth-order valence-corrected chi connectivity index (χ4v) is 4.12. The van der Waals surface area contributed by atoms with E-state index in [-0.39, 0.29) is 24.5 Å². The van der Waals surface area contributed by atoms with Gasteiger partial charge in [-0.2, -0.15) is 0 Å². The third kappa shape index (κ3) is 6.82. The number of nitrogens with one attached hydrogen (secondary N) is 1. The van der Waals surface area contributed by atoms with Crippen molar-refractivity contribution >= 4 is 29.1 Å². The Hall–Kier alpha value is -1.85. The van der Waals surface area contributed by atoms with Gasteiger partial charge in [-0.15, -0.1) is 6.58 Å². The van der Waals surface area contributed by atoms with Gasteiger partial charge in [-0.05, 0) is 61.1 Å². The molecule has 0 aliphatic rings. The van der Waals surface area contributed by atoms with E-state index in [2.05, 4.69) is 11.9 Å². The SMILES string of the molecule is C=CC[C@@](C)(C[C@H](c1cccc(Cl)c1)[C@@H](O)c1ccc(Cl)cc1)C(=O)NC(C)[C@H](C)CO. The van der Waals surface area contributed by atoms with Crippen LogP contribution in [-0.2, 0) is 4.79 Å². The van der Waals surface area contributed by atoms with Gasteiger partial charge < -0.3 is 15.5 Å². The summed E-state index contributed by atoms with van der Waals surface area (Å²) in [7, 11) is 0. The van der Waals surface area contributed by atoms with Gasteiger partial charge in [0, 0.05) is 28.6 Å². The Labute approximate surface area is 201 Å².